The summed E-state index contributed by atoms with van der Waals surface area (Å²) >= 11 is 0. The van der Waals surface area contributed by atoms with Crippen LogP contribution in [-0.2, 0) is 11.3 Å². The molecule has 1 N–H and O–H groups in total. The standard InChI is InChI=1S/C12H18N8O/c1-8-13-12(16-14-8)10-6-19(4-5-21-10)7-11-15-17-18-20(11)9-2-3-9/h9-10H,2-7H2,1H3,(H,13,14,16)/t10-/m0/s1. The number of rotatable bonds is 4. The minimum absolute atomic E-state index is 0.0889. The topological polar surface area (TPSA) is 97.6 Å². The van der Waals surface area contributed by atoms with Crippen LogP contribution in [0.2, 0.25) is 0 Å². The third-order valence-electron chi connectivity index (χ3n) is 3.87. The molecule has 2 aromatic heterocycles. The number of ether oxygens (including phenoxy) is 1. The van der Waals surface area contributed by atoms with Crippen LogP contribution in [0.1, 0.15) is 42.5 Å². The Balaban J connectivity index is 1.44. The van der Waals surface area contributed by atoms with Gasteiger partial charge in [-0.05, 0) is 30.2 Å². The molecule has 2 aliphatic rings. The van der Waals surface area contributed by atoms with Gasteiger partial charge in [0.25, 0.3) is 0 Å². The van der Waals surface area contributed by atoms with E-state index in [0.717, 1.165) is 37.1 Å². The van der Waals surface area contributed by atoms with Crippen LogP contribution in [0.5, 0.6) is 0 Å². The van der Waals surface area contributed by atoms with Gasteiger partial charge in [0.1, 0.15) is 11.9 Å². The molecular weight excluding hydrogens is 272 g/mol. The van der Waals surface area contributed by atoms with Crippen molar-refractivity contribution in [3.63, 3.8) is 0 Å². The highest BCUT2D eigenvalue weighted by Crippen LogP contribution is 2.34. The number of aromatic amines is 1. The van der Waals surface area contributed by atoms with Gasteiger partial charge in [0.05, 0.1) is 19.2 Å². The van der Waals surface area contributed by atoms with Crippen molar-refractivity contribution in [1.29, 1.82) is 0 Å². The zero-order valence-corrected chi connectivity index (χ0v) is 11.9. The SMILES string of the molecule is Cc1nc([C@@H]2CN(Cc3nnnn3C3CC3)CCO2)n[nH]1. The summed E-state index contributed by atoms with van der Waals surface area (Å²) in [5.74, 6) is 2.46. The lowest BCUT2D eigenvalue weighted by molar-refractivity contribution is -0.0381. The van der Waals surface area contributed by atoms with E-state index < -0.39 is 0 Å². The zero-order valence-electron chi connectivity index (χ0n) is 11.9. The zero-order chi connectivity index (χ0) is 14.2. The number of morpholine rings is 1. The number of hydrogen-bond donors (Lipinski definition) is 1. The highest BCUT2D eigenvalue weighted by atomic mass is 16.5. The number of nitrogens with zero attached hydrogens (tertiary/aromatic N) is 7. The lowest BCUT2D eigenvalue weighted by atomic mass is 10.2. The van der Waals surface area contributed by atoms with Crippen LogP contribution in [0.4, 0.5) is 0 Å². The summed E-state index contributed by atoms with van der Waals surface area (Å²) < 4.78 is 7.73. The first-order chi connectivity index (χ1) is 10.3. The van der Waals surface area contributed by atoms with Crippen LogP contribution in [0.25, 0.3) is 0 Å². The lowest BCUT2D eigenvalue weighted by Crippen LogP contribution is -2.38. The van der Waals surface area contributed by atoms with Gasteiger partial charge < -0.3 is 4.74 Å². The Hall–Kier alpha value is -1.87. The van der Waals surface area contributed by atoms with Gasteiger partial charge in [-0.15, -0.1) is 5.10 Å². The maximum Gasteiger partial charge on any atom is 0.180 e. The van der Waals surface area contributed by atoms with Crippen molar-refractivity contribution >= 4 is 0 Å². The summed E-state index contributed by atoms with van der Waals surface area (Å²) in [6, 6.07) is 0.502. The molecule has 4 rings (SSSR count). The molecule has 0 aromatic carbocycles. The van der Waals surface area contributed by atoms with Gasteiger partial charge in [0.2, 0.25) is 0 Å². The maximum absolute atomic E-state index is 5.77. The van der Waals surface area contributed by atoms with E-state index in [1.54, 1.807) is 0 Å². The van der Waals surface area contributed by atoms with Crippen molar-refractivity contribution in [2.45, 2.75) is 38.5 Å². The second-order valence-corrected chi connectivity index (χ2v) is 5.64. The first-order valence-corrected chi connectivity index (χ1v) is 7.29. The predicted octanol–water partition coefficient (Wildman–Crippen LogP) is 0.00802. The predicted molar refractivity (Wildman–Crippen MR) is 71.2 cm³/mol. The summed E-state index contributed by atoms with van der Waals surface area (Å²) in [7, 11) is 0. The fraction of sp³-hybridized carbons (Fsp3) is 0.750. The third-order valence-corrected chi connectivity index (χ3v) is 3.87. The Labute approximate surface area is 121 Å². The molecule has 3 heterocycles. The second-order valence-electron chi connectivity index (χ2n) is 5.64. The molecule has 0 bridgehead atoms. The van der Waals surface area contributed by atoms with Crippen molar-refractivity contribution in [3.8, 4) is 0 Å². The Morgan fingerprint density at radius 1 is 1.38 bits per heavy atom. The third kappa shape index (κ3) is 2.66. The molecule has 112 valence electrons. The normalized spacial score (nSPS) is 23.6. The molecule has 0 unspecified atom stereocenters. The van der Waals surface area contributed by atoms with Crippen molar-refractivity contribution in [2.75, 3.05) is 19.7 Å². The van der Waals surface area contributed by atoms with E-state index in [1.807, 2.05) is 11.6 Å². The van der Waals surface area contributed by atoms with E-state index in [1.165, 1.54) is 12.8 Å². The van der Waals surface area contributed by atoms with E-state index >= 15 is 0 Å². The smallest absolute Gasteiger partial charge is 0.180 e. The Bertz CT molecular complexity index is 618. The van der Waals surface area contributed by atoms with Gasteiger partial charge in [-0.25, -0.2) is 9.67 Å². The summed E-state index contributed by atoms with van der Waals surface area (Å²) in [6.07, 6.45) is 2.27. The van der Waals surface area contributed by atoms with Gasteiger partial charge in [-0.1, -0.05) is 0 Å². The average molecular weight is 290 g/mol. The molecule has 2 aromatic rings. The minimum Gasteiger partial charge on any atom is -0.367 e. The molecular formula is C12H18N8O. The highest BCUT2D eigenvalue weighted by Gasteiger charge is 2.30. The van der Waals surface area contributed by atoms with Crippen LogP contribution in [0.3, 0.4) is 0 Å². The van der Waals surface area contributed by atoms with Crippen LogP contribution >= 0.6 is 0 Å². The molecule has 1 saturated carbocycles. The summed E-state index contributed by atoms with van der Waals surface area (Å²) in [5, 5.41) is 19.1. The number of aromatic nitrogens is 7. The summed E-state index contributed by atoms with van der Waals surface area (Å²) in [4.78, 5) is 6.65. The number of nitrogens with one attached hydrogen (secondary N) is 1. The lowest BCUT2D eigenvalue weighted by Gasteiger charge is -2.31. The number of aryl methyl sites for hydroxylation is 1. The Morgan fingerprint density at radius 3 is 3.05 bits per heavy atom. The molecule has 2 fully saturated rings. The monoisotopic (exact) mass is 290 g/mol. The van der Waals surface area contributed by atoms with E-state index in [0.29, 0.717) is 12.6 Å². The Kier molecular flexibility index (Phi) is 3.15. The van der Waals surface area contributed by atoms with Gasteiger partial charge >= 0.3 is 0 Å². The quantitative estimate of drug-likeness (QED) is 0.846. The van der Waals surface area contributed by atoms with Crippen LogP contribution in [-0.4, -0.2) is 60.0 Å². The van der Waals surface area contributed by atoms with Crippen molar-refractivity contribution in [1.82, 2.24) is 40.3 Å². The number of hydrogen-bond acceptors (Lipinski definition) is 7. The molecule has 9 heteroatoms. The molecule has 1 aliphatic heterocycles. The molecule has 0 radical (unpaired) electrons. The summed E-state index contributed by atoms with van der Waals surface area (Å²) in [6.45, 7) is 4.93. The molecule has 1 aliphatic carbocycles. The summed E-state index contributed by atoms with van der Waals surface area (Å²) in [5.41, 5.74) is 0. The van der Waals surface area contributed by atoms with E-state index in [-0.39, 0.29) is 6.10 Å². The largest absolute Gasteiger partial charge is 0.367 e. The van der Waals surface area contributed by atoms with Crippen LogP contribution < -0.4 is 0 Å². The van der Waals surface area contributed by atoms with Crippen molar-refractivity contribution in [3.05, 3.63) is 17.5 Å². The van der Waals surface area contributed by atoms with E-state index in [4.69, 9.17) is 4.74 Å². The fourth-order valence-electron chi connectivity index (χ4n) is 2.63. The second kappa shape index (κ2) is 5.15. The first kappa shape index (κ1) is 12.8. The van der Waals surface area contributed by atoms with E-state index in [9.17, 15) is 0 Å². The van der Waals surface area contributed by atoms with E-state index in [2.05, 4.69) is 35.6 Å². The highest BCUT2D eigenvalue weighted by molar-refractivity contribution is 4.96. The molecule has 1 atom stereocenters. The number of tetrazole rings is 1. The molecule has 1 saturated heterocycles. The molecule has 21 heavy (non-hydrogen) atoms. The van der Waals surface area contributed by atoms with Gasteiger partial charge in [0, 0.05) is 13.1 Å². The Morgan fingerprint density at radius 2 is 2.29 bits per heavy atom. The van der Waals surface area contributed by atoms with Crippen LogP contribution in [0, 0.1) is 6.92 Å². The van der Waals surface area contributed by atoms with Crippen LogP contribution in [0.15, 0.2) is 0 Å². The average Bonchev–Trinajstić information content (AvgIpc) is 3.08. The van der Waals surface area contributed by atoms with Gasteiger partial charge in [-0.2, -0.15) is 5.10 Å². The minimum atomic E-state index is -0.0889. The fourth-order valence-corrected chi connectivity index (χ4v) is 2.63. The van der Waals surface area contributed by atoms with Crippen molar-refractivity contribution in [2.24, 2.45) is 0 Å². The molecule has 0 amide bonds. The van der Waals surface area contributed by atoms with Gasteiger partial charge in [-0.3, -0.25) is 10.00 Å². The van der Waals surface area contributed by atoms with Crippen molar-refractivity contribution < 1.29 is 4.74 Å². The first-order valence-electron chi connectivity index (χ1n) is 7.29. The molecule has 0 spiro atoms. The number of H-pyrrole nitrogens is 1. The maximum atomic E-state index is 5.77. The van der Waals surface area contributed by atoms with Gasteiger partial charge in [0.15, 0.2) is 11.6 Å². The molecule has 9 nitrogen and oxygen atoms in total.